The second-order valence-corrected chi connectivity index (χ2v) is 5.19. The highest BCUT2D eigenvalue weighted by atomic mass is 16.5. The first-order valence-electron chi connectivity index (χ1n) is 7.38. The molecule has 2 aromatic heterocycles. The maximum atomic E-state index is 5.54. The van der Waals surface area contributed by atoms with E-state index >= 15 is 0 Å². The van der Waals surface area contributed by atoms with E-state index in [2.05, 4.69) is 20.3 Å². The van der Waals surface area contributed by atoms with Gasteiger partial charge in [-0.1, -0.05) is 12.8 Å². The molecule has 1 aliphatic rings. The zero-order valence-electron chi connectivity index (χ0n) is 12.2. The molecule has 6 heteroatoms. The van der Waals surface area contributed by atoms with Crippen LogP contribution in [0.3, 0.4) is 0 Å². The Morgan fingerprint density at radius 2 is 2.10 bits per heavy atom. The maximum Gasteiger partial charge on any atom is 0.319 e. The van der Waals surface area contributed by atoms with Crippen molar-refractivity contribution in [3.63, 3.8) is 0 Å². The van der Waals surface area contributed by atoms with Gasteiger partial charge in [0.2, 0.25) is 0 Å². The molecular weight excluding hydrogens is 268 g/mol. The molecule has 0 atom stereocenters. The van der Waals surface area contributed by atoms with Gasteiger partial charge in [0.05, 0.1) is 12.1 Å². The summed E-state index contributed by atoms with van der Waals surface area (Å²) < 4.78 is 10.5. The molecule has 0 amide bonds. The molecule has 1 aliphatic carbocycles. The van der Waals surface area contributed by atoms with Crippen LogP contribution in [-0.2, 0) is 4.74 Å². The van der Waals surface area contributed by atoms with Crippen molar-refractivity contribution in [2.45, 2.75) is 31.7 Å². The average Bonchev–Trinajstić information content (AvgIpc) is 3.01. The highest BCUT2D eigenvalue weighted by Crippen LogP contribution is 2.26. The highest BCUT2D eigenvalue weighted by molar-refractivity contribution is 5.85. The third-order valence-corrected chi connectivity index (χ3v) is 3.65. The Morgan fingerprint density at radius 1 is 1.24 bits per heavy atom. The minimum atomic E-state index is 0.369. The van der Waals surface area contributed by atoms with Crippen LogP contribution in [0.4, 0.5) is 5.82 Å². The number of rotatable bonds is 6. The summed E-state index contributed by atoms with van der Waals surface area (Å²) >= 11 is 0. The second kappa shape index (κ2) is 6.67. The second-order valence-electron chi connectivity index (χ2n) is 5.19. The van der Waals surface area contributed by atoms with Crippen LogP contribution in [0.5, 0.6) is 6.01 Å². The predicted molar refractivity (Wildman–Crippen MR) is 80.6 cm³/mol. The number of hydrogen-bond acceptors (Lipinski definition) is 6. The molecule has 0 unspecified atom stereocenters. The summed E-state index contributed by atoms with van der Waals surface area (Å²) in [6.45, 7) is 0.949. The molecular formula is C15H20N4O2. The molecule has 1 N–H and O–H groups in total. The van der Waals surface area contributed by atoms with Gasteiger partial charge in [0.1, 0.15) is 12.1 Å². The molecule has 2 aromatic rings. The van der Waals surface area contributed by atoms with Gasteiger partial charge in [-0.2, -0.15) is 9.97 Å². The van der Waals surface area contributed by atoms with Gasteiger partial charge < -0.3 is 14.8 Å². The van der Waals surface area contributed by atoms with E-state index in [0.29, 0.717) is 25.3 Å². The van der Waals surface area contributed by atoms with Crippen LogP contribution in [-0.4, -0.2) is 41.3 Å². The molecule has 1 fully saturated rings. The number of aromatic nitrogens is 3. The topological polar surface area (TPSA) is 69.2 Å². The Hall–Kier alpha value is -1.95. The van der Waals surface area contributed by atoms with E-state index in [4.69, 9.17) is 9.47 Å². The summed E-state index contributed by atoms with van der Waals surface area (Å²) in [4.78, 5) is 13.3. The summed E-state index contributed by atoms with van der Waals surface area (Å²) in [5.74, 6) is 0.764. The zero-order chi connectivity index (χ0) is 14.5. The summed E-state index contributed by atoms with van der Waals surface area (Å²) in [5, 5.41) is 3.49. The van der Waals surface area contributed by atoms with Gasteiger partial charge in [-0.3, -0.25) is 4.98 Å². The van der Waals surface area contributed by atoms with E-state index in [0.717, 1.165) is 16.9 Å². The van der Waals surface area contributed by atoms with Crippen LogP contribution in [0.15, 0.2) is 18.3 Å². The Labute approximate surface area is 123 Å². The van der Waals surface area contributed by atoms with Gasteiger partial charge >= 0.3 is 6.01 Å². The van der Waals surface area contributed by atoms with Crippen LogP contribution >= 0.6 is 0 Å². The van der Waals surface area contributed by atoms with E-state index in [1.807, 2.05) is 12.1 Å². The lowest BCUT2D eigenvalue weighted by Crippen LogP contribution is -2.17. The lowest BCUT2D eigenvalue weighted by atomic mass is 10.2. The van der Waals surface area contributed by atoms with E-state index in [1.165, 1.54) is 25.7 Å². The number of fused-ring (bicyclic) bond motifs is 1. The lowest BCUT2D eigenvalue weighted by Gasteiger charge is -2.15. The van der Waals surface area contributed by atoms with Crippen molar-refractivity contribution in [3.8, 4) is 6.01 Å². The Bertz CT molecular complexity index is 599. The highest BCUT2D eigenvalue weighted by Gasteiger charge is 2.18. The molecule has 112 valence electrons. The summed E-state index contributed by atoms with van der Waals surface area (Å²) in [6, 6.07) is 4.63. The molecule has 0 radical (unpaired) electrons. The number of anilines is 1. The Morgan fingerprint density at radius 3 is 2.90 bits per heavy atom. The third kappa shape index (κ3) is 3.39. The molecule has 1 saturated carbocycles. The predicted octanol–water partition coefficient (Wildman–Crippen LogP) is 2.40. The average molecular weight is 288 g/mol. The minimum absolute atomic E-state index is 0.369. The van der Waals surface area contributed by atoms with Crippen molar-refractivity contribution in [3.05, 3.63) is 18.3 Å². The van der Waals surface area contributed by atoms with Crippen molar-refractivity contribution in [1.29, 1.82) is 0 Å². The zero-order valence-corrected chi connectivity index (χ0v) is 12.2. The van der Waals surface area contributed by atoms with Crippen molar-refractivity contribution in [1.82, 2.24) is 15.0 Å². The molecule has 6 nitrogen and oxygen atoms in total. The fourth-order valence-corrected chi connectivity index (χ4v) is 2.59. The molecule has 0 aliphatic heterocycles. The Kier molecular flexibility index (Phi) is 4.45. The molecule has 0 saturated heterocycles. The molecule has 3 rings (SSSR count). The molecule has 2 heterocycles. The van der Waals surface area contributed by atoms with E-state index < -0.39 is 0 Å². The van der Waals surface area contributed by atoms with Gasteiger partial charge in [0.15, 0.2) is 5.82 Å². The molecule has 21 heavy (non-hydrogen) atoms. The molecule has 0 spiro atoms. The van der Waals surface area contributed by atoms with Crippen LogP contribution in [0.1, 0.15) is 25.7 Å². The van der Waals surface area contributed by atoms with Crippen LogP contribution in [0.2, 0.25) is 0 Å². The van der Waals surface area contributed by atoms with Crippen LogP contribution in [0.25, 0.3) is 11.0 Å². The molecule has 0 bridgehead atoms. The maximum absolute atomic E-state index is 5.54. The number of ether oxygens (including phenoxy) is 2. The fourth-order valence-electron chi connectivity index (χ4n) is 2.59. The summed E-state index contributed by atoms with van der Waals surface area (Å²) in [6.07, 6.45) is 6.66. The summed E-state index contributed by atoms with van der Waals surface area (Å²) in [5.41, 5.74) is 1.59. The van der Waals surface area contributed by atoms with Gasteiger partial charge in [-0.25, -0.2) is 0 Å². The number of methoxy groups -OCH3 is 1. The largest absolute Gasteiger partial charge is 0.461 e. The third-order valence-electron chi connectivity index (χ3n) is 3.65. The van der Waals surface area contributed by atoms with E-state index in [9.17, 15) is 0 Å². The van der Waals surface area contributed by atoms with Gasteiger partial charge in [0.25, 0.3) is 0 Å². The van der Waals surface area contributed by atoms with E-state index in [-0.39, 0.29) is 0 Å². The standard InChI is InChI=1S/C15H20N4O2/c1-20-9-10-21-15-18-12-7-4-8-16-13(12)14(19-15)17-11-5-2-3-6-11/h4,7-8,11H,2-3,5-6,9-10H2,1H3,(H,17,18,19). The minimum Gasteiger partial charge on any atom is -0.461 e. The first-order valence-corrected chi connectivity index (χ1v) is 7.38. The first-order chi connectivity index (χ1) is 10.4. The normalized spacial score (nSPS) is 15.5. The van der Waals surface area contributed by atoms with Gasteiger partial charge in [0, 0.05) is 19.3 Å². The fraction of sp³-hybridized carbons (Fsp3) is 0.533. The molecule has 0 aromatic carbocycles. The van der Waals surface area contributed by atoms with Gasteiger partial charge in [-0.15, -0.1) is 0 Å². The monoisotopic (exact) mass is 288 g/mol. The Balaban J connectivity index is 1.87. The quantitative estimate of drug-likeness (QED) is 0.823. The number of nitrogens with one attached hydrogen (secondary N) is 1. The number of hydrogen-bond donors (Lipinski definition) is 1. The number of nitrogens with zero attached hydrogens (tertiary/aromatic N) is 3. The van der Waals surface area contributed by atoms with E-state index in [1.54, 1.807) is 13.3 Å². The van der Waals surface area contributed by atoms with Crippen LogP contribution < -0.4 is 10.1 Å². The number of pyridine rings is 1. The van der Waals surface area contributed by atoms with Crippen molar-refractivity contribution in [2.75, 3.05) is 25.6 Å². The summed E-state index contributed by atoms with van der Waals surface area (Å²) in [7, 11) is 1.64. The van der Waals surface area contributed by atoms with Crippen molar-refractivity contribution < 1.29 is 9.47 Å². The smallest absolute Gasteiger partial charge is 0.319 e. The van der Waals surface area contributed by atoms with Crippen LogP contribution in [0, 0.1) is 0 Å². The first kappa shape index (κ1) is 14.0. The van der Waals surface area contributed by atoms with Crippen molar-refractivity contribution >= 4 is 16.9 Å². The van der Waals surface area contributed by atoms with Crippen molar-refractivity contribution in [2.24, 2.45) is 0 Å². The SMILES string of the molecule is COCCOc1nc(NC2CCCC2)c2ncccc2n1. The lowest BCUT2D eigenvalue weighted by molar-refractivity contribution is 0.141. The van der Waals surface area contributed by atoms with Gasteiger partial charge in [-0.05, 0) is 25.0 Å².